The third kappa shape index (κ3) is 3.59. The van der Waals surface area contributed by atoms with E-state index in [-0.39, 0.29) is 6.04 Å². The van der Waals surface area contributed by atoms with Crippen molar-refractivity contribution < 1.29 is 17.2 Å². The quantitative estimate of drug-likeness (QED) is 0.821. The van der Waals surface area contributed by atoms with Gasteiger partial charge in [-0.3, -0.25) is 0 Å². The number of sulfonamides is 1. The van der Waals surface area contributed by atoms with Crippen molar-refractivity contribution in [1.82, 2.24) is 9.62 Å². The molecule has 0 unspecified atom stereocenters. The maximum Gasteiger partial charge on any atom is 0.350 e. The number of nitrogens with one attached hydrogen (secondary N) is 1. The molecule has 0 aromatic carbocycles. The van der Waals surface area contributed by atoms with Gasteiger partial charge < -0.3 is 5.32 Å². The minimum atomic E-state index is -4.43. The van der Waals surface area contributed by atoms with E-state index in [0.717, 1.165) is 23.7 Å². The van der Waals surface area contributed by atoms with Gasteiger partial charge >= 0.3 is 5.76 Å². The lowest BCUT2D eigenvalue weighted by atomic mass is 9.91. The highest BCUT2D eigenvalue weighted by Gasteiger charge is 2.35. The van der Waals surface area contributed by atoms with Crippen LogP contribution in [0.2, 0.25) is 0 Å². The van der Waals surface area contributed by atoms with E-state index in [9.17, 15) is 17.2 Å². The molecule has 102 valence electrons. The average Bonchev–Trinajstić information content (AvgIpc) is 2.29. The molecular weight excluding hydrogens is 250 g/mol. The molecule has 0 atom stereocenters. The monoisotopic (exact) mass is 270 g/mol. The highest BCUT2D eigenvalue weighted by Crippen LogP contribution is 2.25. The van der Waals surface area contributed by atoms with Crippen LogP contribution in [0.3, 0.4) is 0 Å². The first kappa shape index (κ1) is 14.8. The fraction of sp³-hybridized carbons (Fsp3) is 1.00. The number of halogens is 2. The Hall–Kier alpha value is -0.270. The SMILES string of the molecule is CCNC1CCC(N(C)S(=O)(=O)C(F)F)CC1. The molecule has 0 bridgehead atoms. The molecule has 0 aliphatic heterocycles. The largest absolute Gasteiger partial charge is 0.350 e. The van der Waals surface area contributed by atoms with Crippen LogP contribution >= 0.6 is 0 Å². The maximum absolute atomic E-state index is 12.4. The van der Waals surface area contributed by atoms with Crippen molar-refractivity contribution >= 4 is 10.0 Å². The first-order valence-corrected chi connectivity index (χ1v) is 7.38. The van der Waals surface area contributed by atoms with E-state index < -0.39 is 15.8 Å². The first-order chi connectivity index (χ1) is 7.89. The van der Waals surface area contributed by atoms with Gasteiger partial charge in [0.1, 0.15) is 0 Å². The molecule has 0 saturated heterocycles. The van der Waals surface area contributed by atoms with Gasteiger partial charge in [0.15, 0.2) is 0 Å². The standard InChI is InChI=1S/C10H20F2N2O2S/c1-3-13-8-4-6-9(7-5-8)14(2)17(15,16)10(11)12/h8-10,13H,3-7H2,1-2H3. The van der Waals surface area contributed by atoms with Gasteiger partial charge in [-0.1, -0.05) is 6.92 Å². The molecule has 1 fully saturated rings. The molecule has 0 radical (unpaired) electrons. The second-order valence-electron chi connectivity index (χ2n) is 4.38. The van der Waals surface area contributed by atoms with Crippen LogP contribution in [0.25, 0.3) is 0 Å². The molecule has 4 nitrogen and oxygen atoms in total. The number of alkyl halides is 2. The summed E-state index contributed by atoms with van der Waals surface area (Å²) in [7, 11) is -3.18. The Balaban J connectivity index is 2.54. The Kier molecular flexibility index (Phi) is 5.27. The summed E-state index contributed by atoms with van der Waals surface area (Å²) < 4.78 is 48.2. The van der Waals surface area contributed by atoms with Gasteiger partial charge in [-0.05, 0) is 32.2 Å². The summed E-state index contributed by atoms with van der Waals surface area (Å²) in [5.41, 5.74) is 0. The molecule has 1 saturated carbocycles. The fourth-order valence-corrected chi connectivity index (χ4v) is 3.14. The summed E-state index contributed by atoms with van der Waals surface area (Å²) in [5, 5.41) is 3.29. The Morgan fingerprint density at radius 2 is 1.82 bits per heavy atom. The van der Waals surface area contributed by atoms with E-state index in [1.54, 1.807) is 0 Å². The number of nitrogens with zero attached hydrogens (tertiary/aromatic N) is 1. The van der Waals surface area contributed by atoms with Crippen molar-refractivity contribution in [2.45, 2.75) is 50.4 Å². The van der Waals surface area contributed by atoms with Crippen LogP contribution in [0, 0.1) is 0 Å². The van der Waals surface area contributed by atoms with Crippen molar-refractivity contribution in [3.63, 3.8) is 0 Å². The van der Waals surface area contributed by atoms with Crippen LogP contribution in [0.1, 0.15) is 32.6 Å². The fourth-order valence-electron chi connectivity index (χ4n) is 2.27. The molecule has 0 aromatic heterocycles. The molecule has 1 rings (SSSR count). The molecule has 7 heteroatoms. The van der Waals surface area contributed by atoms with E-state index in [2.05, 4.69) is 5.32 Å². The van der Waals surface area contributed by atoms with Gasteiger partial charge in [-0.15, -0.1) is 0 Å². The van der Waals surface area contributed by atoms with Gasteiger partial charge in [0.2, 0.25) is 0 Å². The van der Waals surface area contributed by atoms with Crippen molar-refractivity contribution in [3.8, 4) is 0 Å². The van der Waals surface area contributed by atoms with Crippen molar-refractivity contribution in [1.29, 1.82) is 0 Å². The lowest BCUT2D eigenvalue weighted by Crippen LogP contribution is -2.44. The van der Waals surface area contributed by atoms with Crippen molar-refractivity contribution in [2.75, 3.05) is 13.6 Å². The normalized spacial score (nSPS) is 26.7. The second kappa shape index (κ2) is 6.06. The third-order valence-corrected chi connectivity index (χ3v) is 4.88. The Morgan fingerprint density at radius 1 is 1.29 bits per heavy atom. The Morgan fingerprint density at radius 3 is 2.24 bits per heavy atom. The zero-order chi connectivity index (χ0) is 13.1. The van der Waals surface area contributed by atoms with Gasteiger partial charge in [0, 0.05) is 19.1 Å². The topological polar surface area (TPSA) is 49.4 Å². The van der Waals surface area contributed by atoms with E-state index in [4.69, 9.17) is 0 Å². The van der Waals surface area contributed by atoms with Crippen LogP contribution < -0.4 is 5.32 Å². The molecule has 17 heavy (non-hydrogen) atoms. The summed E-state index contributed by atoms with van der Waals surface area (Å²) in [6.45, 7) is 2.89. The van der Waals surface area contributed by atoms with Crippen LogP contribution in [-0.4, -0.2) is 44.2 Å². The third-order valence-electron chi connectivity index (χ3n) is 3.33. The second-order valence-corrected chi connectivity index (χ2v) is 6.35. The van der Waals surface area contributed by atoms with Gasteiger partial charge in [0.25, 0.3) is 10.0 Å². The molecule has 0 heterocycles. The van der Waals surface area contributed by atoms with Crippen LogP contribution in [-0.2, 0) is 10.0 Å². The van der Waals surface area contributed by atoms with Crippen LogP contribution in [0.4, 0.5) is 8.78 Å². The van der Waals surface area contributed by atoms with Gasteiger partial charge in [-0.25, -0.2) is 8.42 Å². The summed E-state index contributed by atoms with van der Waals surface area (Å²) in [6, 6.07) is 0.0998. The van der Waals surface area contributed by atoms with Crippen molar-refractivity contribution in [2.24, 2.45) is 0 Å². The molecule has 0 aromatic rings. The van der Waals surface area contributed by atoms with E-state index in [1.807, 2.05) is 6.92 Å². The van der Waals surface area contributed by atoms with Crippen molar-refractivity contribution in [3.05, 3.63) is 0 Å². The minimum Gasteiger partial charge on any atom is -0.314 e. The number of hydrogen-bond donors (Lipinski definition) is 1. The lowest BCUT2D eigenvalue weighted by molar-refractivity contribution is 0.199. The highest BCUT2D eigenvalue weighted by molar-refractivity contribution is 7.89. The smallest absolute Gasteiger partial charge is 0.314 e. The van der Waals surface area contributed by atoms with Gasteiger partial charge in [0.05, 0.1) is 0 Å². The van der Waals surface area contributed by atoms with E-state index in [1.165, 1.54) is 7.05 Å². The minimum absolute atomic E-state index is 0.288. The predicted molar refractivity (Wildman–Crippen MR) is 62.4 cm³/mol. The van der Waals surface area contributed by atoms with Crippen LogP contribution in [0.5, 0.6) is 0 Å². The zero-order valence-electron chi connectivity index (χ0n) is 10.2. The molecule has 1 N–H and O–H groups in total. The van der Waals surface area contributed by atoms with Gasteiger partial charge in [-0.2, -0.15) is 13.1 Å². The summed E-state index contributed by atoms with van der Waals surface area (Å²) >= 11 is 0. The number of rotatable bonds is 5. The van der Waals surface area contributed by atoms with E-state index in [0.29, 0.717) is 18.9 Å². The highest BCUT2D eigenvalue weighted by atomic mass is 32.2. The number of hydrogen-bond acceptors (Lipinski definition) is 3. The first-order valence-electron chi connectivity index (χ1n) is 5.88. The zero-order valence-corrected chi connectivity index (χ0v) is 11.0. The lowest BCUT2D eigenvalue weighted by Gasteiger charge is -2.34. The van der Waals surface area contributed by atoms with E-state index >= 15 is 0 Å². The summed E-state index contributed by atoms with van der Waals surface area (Å²) in [6.07, 6.45) is 2.95. The molecule has 1 aliphatic carbocycles. The average molecular weight is 270 g/mol. The molecule has 0 spiro atoms. The molecular formula is C10H20F2N2O2S. The van der Waals surface area contributed by atoms with Crippen LogP contribution in [0.15, 0.2) is 0 Å². The Labute approximate surface area is 101 Å². The Bertz CT molecular complexity index is 327. The summed E-state index contributed by atoms with van der Waals surface area (Å²) in [4.78, 5) is 0. The molecule has 1 aliphatic rings. The predicted octanol–water partition coefficient (Wildman–Crippen LogP) is 1.39. The maximum atomic E-state index is 12.4. The summed E-state index contributed by atoms with van der Waals surface area (Å²) in [5.74, 6) is -3.32. The molecule has 0 amide bonds.